The number of benzene rings is 2. The molecule has 0 radical (unpaired) electrons. The zero-order chi connectivity index (χ0) is 18.9. The molecular formula is C22H21FN4S. The van der Waals surface area contributed by atoms with Crippen LogP contribution in [0.4, 0.5) is 4.39 Å². The molecule has 4 aromatic rings. The number of aromatic nitrogens is 2. The predicted molar refractivity (Wildman–Crippen MR) is 112 cm³/mol. The third-order valence-electron chi connectivity index (χ3n) is 5.42. The zero-order valence-corrected chi connectivity index (χ0v) is 16.2. The van der Waals surface area contributed by atoms with Gasteiger partial charge in [-0.25, -0.2) is 4.39 Å². The van der Waals surface area contributed by atoms with Crippen LogP contribution in [0.25, 0.3) is 22.0 Å². The van der Waals surface area contributed by atoms with Crippen LogP contribution in [0.15, 0.2) is 60.1 Å². The van der Waals surface area contributed by atoms with Crippen molar-refractivity contribution in [3.8, 4) is 11.1 Å². The Morgan fingerprint density at radius 3 is 2.93 bits per heavy atom. The smallest absolute Gasteiger partial charge is 0.127 e. The van der Waals surface area contributed by atoms with Crippen LogP contribution in [0.1, 0.15) is 16.5 Å². The van der Waals surface area contributed by atoms with Crippen molar-refractivity contribution in [2.45, 2.75) is 12.6 Å². The van der Waals surface area contributed by atoms with Crippen molar-refractivity contribution in [3.05, 3.63) is 76.4 Å². The van der Waals surface area contributed by atoms with Crippen LogP contribution >= 0.6 is 11.3 Å². The van der Waals surface area contributed by atoms with Crippen LogP contribution in [0, 0.1) is 5.82 Å². The van der Waals surface area contributed by atoms with E-state index in [1.807, 2.05) is 24.4 Å². The van der Waals surface area contributed by atoms with Gasteiger partial charge < -0.3 is 5.32 Å². The number of nitrogens with zero attached hydrogens (tertiary/aromatic N) is 2. The molecule has 5 rings (SSSR count). The summed E-state index contributed by atoms with van der Waals surface area (Å²) in [6, 6.07) is 16.1. The molecule has 0 spiro atoms. The third kappa shape index (κ3) is 3.35. The minimum absolute atomic E-state index is 0.142. The maximum absolute atomic E-state index is 14.7. The van der Waals surface area contributed by atoms with Gasteiger partial charge in [-0.1, -0.05) is 18.2 Å². The molecule has 2 aromatic heterocycles. The molecule has 1 aliphatic rings. The van der Waals surface area contributed by atoms with E-state index in [-0.39, 0.29) is 5.82 Å². The van der Waals surface area contributed by atoms with Crippen LogP contribution in [0.3, 0.4) is 0 Å². The normalized spacial score (nSPS) is 18.0. The number of aromatic amines is 1. The average molecular weight is 393 g/mol. The molecule has 142 valence electrons. The van der Waals surface area contributed by atoms with Crippen molar-refractivity contribution in [1.82, 2.24) is 20.4 Å². The Morgan fingerprint density at radius 1 is 1.14 bits per heavy atom. The Labute approximate surface area is 167 Å². The molecule has 0 unspecified atom stereocenters. The fourth-order valence-corrected chi connectivity index (χ4v) is 4.77. The lowest BCUT2D eigenvalue weighted by atomic mass is 10.0. The molecule has 0 bridgehead atoms. The van der Waals surface area contributed by atoms with Crippen LogP contribution in [0.2, 0.25) is 0 Å². The quantitative estimate of drug-likeness (QED) is 0.534. The van der Waals surface area contributed by atoms with E-state index in [0.29, 0.717) is 12.6 Å². The minimum atomic E-state index is -0.142. The first kappa shape index (κ1) is 17.6. The van der Waals surface area contributed by atoms with Crippen molar-refractivity contribution in [3.63, 3.8) is 0 Å². The first-order valence-corrected chi connectivity index (χ1v) is 10.4. The van der Waals surface area contributed by atoms with E-state index in [1.54, 1.807) is 17.4 Å². The van der Waals surface area contributed by atoms with Gasteiger partial charge in [-0.15, -0.1) is 11.3 Å². The maximum atomic E-state index is 14.7. The molecule has 4 nitrogen and oxygen atoms in total. The van der Waals surface area contributed by atoms with Gasteiger partial charge in [-0.3, -0.25) is 10.00 Å². The molecule has 2 N–H and O–H groups in total. The summed E-state index contributed by atoms with van der Waals surface area (Å²) in [6.07, 6.45) is 1.82. The summed E-state index contributed by atoms with van der Waals surface area (Å²) in [7, 11) is 0. The molecule has 0 saturated carbocycles. The predicted octanol–water partition coefficient (Wildman–Crippen LogP) is 4.58. The summed E-state index contributed by atoms with van der Waals surface area (Å²) in [5.41, 5.74) is 3.85. The van der Waals surface area contributed by atoms with E-state index < -0.39 is 0 Å². The highest BCUT2D eigenvalue weighted by atomic mass is 32.1. The molecule has 1 aliphatic heterocycles. The number of hydrogen-bond acceptors (Lipinski definition) is 4. The van der Waals surface area contributed by atoms with Crippen LogP contribution in [-0.4, -0.2) is 34.7 Å². The lowest BCUT2D eigenvalue weighted by Crippen LogP contribution is -2.45. The van der Waals surface area contributed by atoms with E-state index in [0.717, 1.165) is 47.2 Å². The summed E-state index contributed by atoms with van der Waals surface area (Å²) in [6.45, 7) is 3.35. The van der Waals surface area contributed by atoms with Crippen molar-refractivity contribution >= 4 is 22.2 Å². The van der Waals surface area contributed by atoms with Gasteiger partial charge in [0.1, 0.15) is 5.82 Å². The lowest BCUT2D eigenvalue weighted by molar-refractivity contribution is 0.154. The number of piperazine rings is 1. The van der Waals surface area contributed by atoms with Gasteiger partial charge in [0.25, 0.3) is 0 Å². The monoisotopic (exact) mass is 392 g/mol. The van der Waals surface area contributed by atoms with Gasteiger partial charge in [0, 0.05) is 42.0 Å². The van der Waals surface area contributed by atoms with Crippen molar-refractivity contribution in [2.24, 2.45) is 0 Å². The van der Waals surface area contributed by atoms with Gasteiger partial charge >= 0.3 is 0 Å². The molecule has 1 saturated heterocycles. The summed E-state index contributed by atoms with van der Waals surface area (Å²) in [4.78, 5) is 3.71. The molecule has 28 heavy (non-hydrogen) atoms. The van der Waals surface area contributed by atoms with E-state index in [4.69, 9.17) is 0 Å². The van der Waals surface area contributed by atoms with Gasteiger partial charge in [-0.2, -0.15) is 5.10 Å². The highest BCUT2D eigenvalue weighted by Gasteiger charge is 2.25. The van der Waals surface area contributed by atoms with Crippen LogP contribution in [-0.2, 0) is 6.54 Å². The lowest BCUT2D eigenvalue weighted by Gasteiger charge is -2.35. The molecule has 0 aliphatic carbocycles. The molecule has 1 fully saturated rings. The van der Waals surface area contributed by atoms with Gasteiger partial charge in [0.2, 0.25) is 0 Å². The Hall–Kier alpha value is -2.54. The maximum Gasteiger partial charge on any atom is 0.127 e. The van der Waals surface area contributed by atoms with Crippen LogP contribution < -0.4 is 5.32 Å². The van der Waals surface area contributed by atoms with E-state index in [1.165, 1.54) is 4.88 Å². The fourth-order valence-electron chi connectivity index (χ4n) is 3.91. The number of rotatable bonds is 4. The third-order valence-corrected chi connectivity index (χ3v) is 6.39. The van der Waals surface area contributed by atoms with Crippen LogP contribution in [0.5, 0.6) is 0 Å². The second kappa shape index (κ2) is 7.47. The first-order chi connectivity index (χ1) is 13.8. The molecular weight excluding hydrogens is 371 g/mol. The Morgan fingerprint density at radius 2 is 2.04 bits per heavy atom. The Kier molecular flexibility index (Phi) is 4.68. The molecule has 6 heteroatoms. The summed E-state index contributed by atoms with van der Waals surface area (Å²) in [5, 5.41) is 13.7. The number of thiophene rings is 1. The van der Waals surface area contributed by atoms with Crippen molar-refractivity contribution in [1.29, 1.82) is 0 Å². The van der Waals surface area contributed by atoms with Crippen molar-refractivity contribution < 1.29 is 4.39 Å². The number of nitrogens with one attached hydrogen (secondary N) is 2. The highest BCUT2D eigenvalue weighted by Crippen LogP contribution is 2.30. The largest absolute Gasteiger partial charge is 0.314 e. The number of hydrogen-bond donors (Lipinski definition) is 2. The Bertz CT molecular complexity index is 1090. The van der Waals surface area contributed by atoms with Gasteiger partial charge in [0.05, 0.1) is 17.8 Å². The molecule has 1 atom stereocenters. The summed E-state index contributed by atoms with van der Waals surface area (Å²) < 4.78 is 14.7. The standard InChI is InChI=1S/C22H21FN4S/c23-19-5-3-15(16-4-6-20-17(10-16)12-25-26-20)11-18(19)14-27-8-7-24-13-21(27)22-2-1-9-28-22/h1-6,9-12,21,24H,7-8,13-14H2,(H,25,26)/t21-/m1/s1. The topological polar surface area (TPSA) is 44.0 Å². The second-order valence-electron chi connectivity index (χ2n) is 7.18. The first-order valence-electron chi connectivity index (χ1n) is 9.48. The highest BCUT2D eigenvalue weighted by molar-refractivity contribution is 7.10. The minimum Gasteiger partial charge on any atom is -0.314 e. The zero-order valence-electron chi connectivity index (χ0n) is 15.4. The van der Waals surface area contributed by atoms with Gasteiger partial charge in [0.15, 0.2) is 0 Å². The second-order valence-corrected chi connectivity index (χ2v) is 8.16. The molecule has 3 heterocycles. The number of fused-ring (bicyclic) bond motifs is 1. The number of halogens is 1. The average Bonchev–Trinajstić information content (AvgIpc) is 3.41. The Balaban J connectivity index is 1.45. The SMILES string of the molecule is Fc1ccc(-c2ccc3[nH]ncc3c2)cc1CN1CCNC[C@@H]1c1cccs1. The van der Waals surface area contributed by atoms with E-state index in [9.17, 15) is 4.39 Å². The van der Waals surface area contributed by atoms with E-state index in [2.05, 4.69) is 50.1 Å². The van der Waals surface area contributed by atoms with E-state index >= 15 is 0 Å². The summed E-state index contributed by atoms with van der Waals surface area (Å²) in [5.74, 6) is -0.142. The molecule has 2 aromatic carbocycles. The fraction of sp³-hybridized carbons (Fsp3) is 0.227. The number of H-pyrrole nitrogens is 1. The van der Waals surface area contributed by atoms with Gasteiger partial charge in [-0.05, 0) is 46.8 Å². The molecule has 0 amide bonds. The van der Waals surface area contributed by atoms with Crippen molar-refractivity contribution in [2.75, 3.05) is 19.6 Å². The summed E-state index contributed by atoms with van der Waals surface area (Å²) >= 11 is 1.77.